The van der Waals surface area contributed by atoms with E-state index in [0.717, 1.165) is 5.56 Å². The summed E-state index contributed by atoms with van der Waals surface area (Å²) in [6.45, 7) is 4.41. The van der Waals surface area contributed by atoms with Crippen LogP contribution in [-0.4, -0.2) is 60.4 Å². The molecule has 0 saturated carbocycles. The Kier molecular flexibility index (Phi) is 4.92. The maximum atomic E-state index is 12.6. The van der Waals surface area contributed by atoms with Crippen LogP contribution in [0.2, 0.25) is 0 Å². The van der Waals surface area contributed by atoms with E-state index in [1.54, 1.807) is 9.80 Å². The molecule has 4 amide bonds. The van der Waals surface area contributed by atoms with Crippen molar-refractivity contribution in [3.05, 3.63) is 35.9 Å². The highest BCUT2D eigenvalue weighted by Gasteiger charge is 2.44. The van der Waals surface area contributed by atoms with Gasteiger partial charge in [0.2, 0.25) is 11.8 Å². The summed E-state index contributed by atoms with van der Waals surface area (Å²) < 4.78 is 0. The molecule has 2 heterocycles. The molecule has 1 atom stereocenters. The van der Waals surface area contributed by atoms with E-state index in [4.69, 9.17) is 0 Å². The number of carbonyl (C=O) groups excluding carboxylic acids is 3. The van der Waals surface area contributed by atoms with Gasteiger partial charge in [-0.05, 0) is 5.56 Å². The summed E-state index contributed by atoms with van der Waals surface area (Å²) in [6, 6.07) is 9.56. The van der Waals surface area contributed by atoms with Crippen molar-refractivity contribution in [2.24, 2.45) is 5.41 Å². The van der Waals surface area contributed by atoms with Gasteiger partial charge >= 0.3 is 6.03 Å². The standard InChI is InChI=1S/C18H24N4O3/c1-14(23)21-7-8-22(13-18(12-21)9-16(24)20-11-18)17(25)19-10-15-5-3-2-4-6-15/h2-6H,7-13H2,1H3,(H,19,25)(H,20,24)/t18-/m0/s1. The molecule has 0 unspecified atom stereocenters. The molecule has 1 aromatic carbocycles. The average molecular weight is 344 g/mol. The lowest BCUT2D eigenvalue weighted by atomic mass is 9.86. The maximum absolute atomic E-state index is 12.6. The van der Waals surface area contributed by atoms with Crippen LogP contribution in [0.4, 0.5) is 4.79 Å². The Labute approximate surface area is 147 Å². The first kappa shape index (κ1) is 17.3. The van der Waals surface area contributed by atoms with Crippen molar-refractivity contribution in [2.45, 2.75) is 19.9 Å². The molecule has 2 fully saturated rings. The molecule has 0 bridgehead atoms. The van der Waals surface area contributed by atoms with E-state index in [-0.39, 0.29) is 17.8 Å². The fourth-order valence-electron chi connectivity index (χ4n) is 3.56. The van der Waals surface area contributed by atoms with Crippen molar-refractivity contribution in [3.63, 3.8) is 0 Å². The zero-order valence-corrected chi connectivity index (χ0v) is 14.5. The third-order valence-corrected chi connectivity index (χ3v) is 4.91. The van der Waals surface area contributed by atoms with E-state index in [0.29, 0.717) is 45.7 Å². The second kappa shape index (κ2) is 7.13. The maximum Gasteiger partial charge on any atom is 0.317 e. The topological polar surface area (TPSA) is 81.8 Å². The average Bonchev–Trinajstić information content (AvgIpc) is 2.84. The number of urea groups is 1. The van der Waals surface area contributed by atoms with Gasteiger partial charge in [0.25, 0.3) is 0 Å². The van der Waals surface area contributed by atoms with Crippen LogP contribution in [0, 0.1) is 5.41 Å². The Hall–Kier alpha value is -2.57. The summed E-state index contributed by atoms with van der Waals surface area (Å²) in [5, 5.41) is 5.79. The number of amides is 4. The van der Waals surface area contributed by atoms with Crippen LogP contribution in [0.3, 0.4) is 0 Å². The molecule has 2 N–H and O–H groups in total. The molecule has 0 aliphatic carbocycles. The normalized spacial score (nSPS) is 23.3. The minimum Gasteiger partial charge on any atom is -0.355 e. The molecule has 0 aromatic heterocycles. The third kappa shape index (κ3) is 4.10. The van der Waals surface area contributed by atoms with Crippen molar-refractivity contribution in [1.29, 1.82) is 0 Å². The Morgan fingerprint density at radius 1 is 1.16 bits per heavy atom. The van der Waals surface area contributed by atoms with Gasteiger partial charge in [-0.1, -0.05) is 30.3 Å². The molecule has 134 valence electrons. The summed E-state index contributed by atoms with van der Waals surface area (Å²) in [7, 11) is 0. The highest BCUT2D eigenvalue weighted by Crippen LogP contribution is 2.30. The molecule has 1 spiro atoms. The Morgan fingerprint density at radius 3 is 2.48 bits per heavy atom. The van der Waals surface area contributed by atoms with Crippen LogP contribution in [0.1, 0.15) is 18.9 Å². The van der Waals surface area contributed by atoms with E-state index in [1.807, 2.05) is 30.3 Å². The first-order chi connectivity index (χ1) is 12.0. The third-order valence-electron chi connectivity index (χ3n) is 4.91. The molecule has 7 heteroatoms. The van der Waals surface area contributed by atoms with E-state index >= 15 is 0 Å². The van der Waals surface area contributed by atoms with Crippen LogP contribution < -0.4 is 10.6 Å². The monoisotopic (exact) mass is 344 g/mol. The number of rotatable bonds is 2. The van der Waals surface area contributed by atoms with Crippen LogP contribution in [0.25, 0.3) is 0 Å². The van der Waals surface area contributed by atoms with Gasteiger partial charge in [0.1, 0.15) is 0 Å². The van der Waals surface area contributed by atoms with Crippen LogP contribution in [0.15, 0.2) is 30.3 Å². The van der Waals surface area contributed by atoms with E-state index < -0.39 is 5.41 Å². The zero-order chi connectivity index (χ0) is 17.9. The van der Waals surface area contributed by atoms with Gasteiger partial charge < -0.3 is 20.4 Å². The Morgan fingerprint density at radius 2 is 1.84 bits per heavy atom. The highest BCUT2D eigenvalue weighted by molar-refractivity contribution is 5.80. The van der Waals surface area contributed by atoms with Crippen LogP contribution >= 0.6 is 0 Å². The second-order valence-electron chi connectivity index (χ2n) is 6.96. The lowest BCUT2D eigenvalue weighted by molar-refractivity contribution is -0.130. The van der Waals surface area contributed by atoms with Crippen molar-refractivity contribution < 1.29 is 14.4 Å². The molecule has 7 nitrogen and oxygen atoms in total. The summed E-state index contributed by atoms with van der Waals surface area (Å²) in [5.74, 6) is -0.0414. The van der Waals surface area contributed by atoms with Gasteiger partial charge in [-0.25, -0.2) is 4.79 Å². The summed E-state index contributed by atoms with van der Waals surface area (Å²) in [6.07, 6.45) is 0.346. The lowest BCUT2D eigenvalue weighted by Crippen LogP contribution is -2.47. The zero-order valence-electron chi connectivity index (χ0n) is 14.5. The molecule has 0 radical (unpaired) electrons. The highest BCUT2D eigenvalue weighted by atomic mass is 16.2. The SMILES string of the molecule is CC(=O)N1CCN(C(=O)NCc2ccccc2)C[C@@]2(CNC(=O)C2)C1. The van der Waals surface area contributed by atoms with Crippen molar-refractivity contribution in [2.75, 3.05) is 32.7 Å². The predicted octanol–water partition coefficient (Wildman–Crippen LogP) is 0.567. The second-order valence-corrected chi connectivity index (χ2v) is 6.96. The fraction of sp³-hybridized carbons (Fsp3) is 0.500. The molecular weight excluding hydrogens is 320 g/mol. The quantitative estimate of drug-likeness (QED) is 0.823. The minimum absolute atomic E-state index is 0.0185. The first-order valence-electron chi connectivity index (χ1n) is 8.56. The largest absolute Gasteiger partial charge is 0.355 e. The van der Waals surface area contributed by atoms with Gasteiger partial charge in [-0.3, -0.25) is 9.59 Å². The predicted molar refractivity (Wildman–Crippen MR) is 92.6 cm³/mol. The Balaban J connectivity index is 1.68. The van der Waals surface area contributed by atoms with Crippen LogP contribution in [-0.2, 0) is 16.1 Å². The van der Waals surface area contributed by atoms with Crippen molar-refractivity contribution >= 4 is 17.8 Å². The minimum atomic E-state index is -0.399. The smallest absolute Gasteiger partial charge is 0.317 e. The number of benzene rings is 1. The Bertz CT molecular complexity index is 664. The number of hydrogen-bond acceptors (Lipinski definition) is 3. The molecular formula is C18H24N4O3. The number of nitrogens with zero attached hydrogens (tertiary/aromatic N) is 2. The molecule has 2 aliphatic heterocycles. The number of carbonyl (C=O) groups is 3. The van der Waals surface area contributed by atoms with Gasteiger partial charge in [-0.15, -0.1) is 0 Å². The summed E-state index contributed by atoms with van der Waals surface area (Å²) in [4.78, 5) is 39.7. The fourth-order valence-corrected chi connectivity index (χ4v) is 3.56. The van der Waals surface area contributed by atoms with Crippen molar-refractivity contribution in [3.8, 4) is 0 Å². The molecule has 1 aromatic rings. The van der Waals surface area contributed by atoms with E-state index in [1.165, 1.54) is 6.92 Å². The first-order valence-corrected chi connectivity index (χ1v) is 8.56. The van der Waals surface area contributed by atoms with E-state index in [9.17, 15) is 14.4 Å². The van der Waals surface area contributed by atoms with Crippen LogP contribution in [0.5, 0.6) is 0 Å². The van der Waals surface area contributed by atoms with Crippen molar-refractivity contribution in [1.82, 2.24) is 20.4 Å². The summed E-state index contributed by atoms with van der Waals surface area (Å²) in [5.41, 5.74) is 0.632. The number of nitrogens with one attached hydrogen (secondary N) is 2. The molecule has 2 saturated heterocycles. The molecule has 2 aliphatic rings. The van der Waals surface area contributed by atoms with Gasteiger partial charge in [0.05, 0.1) is 0 Å². The van der Waals surface area contributed by atoms with E-state index in [2.05, 4.69) is 10.6 Å². The van der Waals surface area contributed by atoms with Gasteiger partial charge in [0.15, 0.2) is 0 Å². The number of hydrogen-bond donors (Lipinski definition) is 2. The molecule has 3 rings (SSSR count). The lowest BCUT2D eigenvalue weighted by Gasteiger charge is -2.32. The van der Waals surface area contributed by atoms with Gasteiger partial charge in [0, 0.05) is 58.0 Å². The summed E-state index contributed by atoms with van der Waals surface area (Å²) >= 11 is 0. The molecule has 25 heavy (non-hydrogen) atoms. The van der Waals surface area contributed by atoms with Gasteiger partial charge in [-0.2, -0.15) is 0 Å².